The predicted octanol–water partition coefficient (Wildman–Crippen LogP) is 3.21. The largest absolute Gasteiger partial charge is 0.311 e. The Morgan fingerprint density at radius 1 is 1.16 bits per heavy atom. The second kappa shape index (κ2) is 5.64. The number of hydrogen-bond acceptors (Lipinski definition) is 2. The van der Waals surface area contributed by atoms with E-state index < -0.39 is 0 Å². The first kappa shape index (κ1) is 13.1. The third-order valence-corrected chi connectivity index (χ3v) is 4.94. The topological polar surface area (TPSA) is 15.3 Å². The summed E-state index contributed by atoms with van der Waals surface area (Å²) in [5, 5.41) is 3.72. The van der Waals surface area contributed by atoms with Crippen LogP contribution >= 0.6 is 0 Å². The Bertz CT molecular complexity index is 403. The van der Waals surface area contributed by atoms with E-state index in [1.807, 2.05) is 0 Å². The van der Waals surface area contributed by atoms with Gasteiger partial charge in [0.2, 0.25) is 0 Å². The first-order valence-electron chi connectivity index (χ1n) is 7.87. The molecule has 0 aromatic heterocycles. The number of rotatable bonds is 4. The maximum Gasteiger partial charge on any atom is 0.0476 e. The maximum absolute atomic E-state index is 3.72. The normalized spacial score (nSPS) is 35.3. The van der Waals surface area contributed by atoms with E-state index in [2.05, 4.69) is 54.4 Å². The van der Waals surface area contributed by atoms with Crippen LogP contribution in [0.25, 0.3) is 0 Å². The molecular weight excluding hydrogens is 232 g/mol. The van der Waals surface area contributed by atoms with E-state index in [1.54, 1.807) is 0 Å². The Kier molecular flexibility index (Phi) is 3.90. The lowest BCUT2D eigenvalue weighted by Gasteiger charge is -2.41. The molecular formula is C17H26N2. The van der Waals surface area contributed by atoms with E-state index >= 15 is 0 Å². The molecule has 4 atom stereocenters. The molecule has 4 unspecified atom stereocenters. The van der Waals surface area contributed by atoms with Crippen molar-refractivity contribution in [3.05, 3.63) is 35.9 Å². The van der Waals surface area contributed by atoms with Gasteiger partial charge in [-0.1, -0.05) is 50.6 Å². The van der Waals surface area contributed by atoms with Crippen LogP contribution in [0.2, 0.25) is 0 Å². The van der Waals surface area contributed by atoms with E-state index in [9.17, 15) is 0 Å². The van der Waals surface area contributed by atoms with Crippen LogP contribution in [-0.4, -0.2) is 30.1 Å². The molecule has 0 spiro atoms. The zero-order valence-corrected chi connectivity index (χ0v) is 12.2. The predicted molar refractivity (Wildman–Crippen MR) is 80.2 cm³/mol. The first-order chi connectivity index (χ1) is 9.33. The fourth-order valence-corrected chi connectivity index (χ4v) is 3.54. The number of piperazine rings is 1. The average molecular weight is 258 g/mol. The van der Waals surface area contributed by atoms with Gasteiger partial charge in [0.05, 0.1) is 0 Å². The number of nitrogens with one attached hydrogen (secondary N) is 1. The van der Waals surface area contributed by atoms with Crippen molar-refractivity contribution in [1.82, 2.24) is 10.2 Å². The fourth-order valence-electron chi connectivity index (χ4n) is 3.54. The number of benzene rings is 1. The highest BCUT2D eigenvalue weighted by Crippen LogP contribution is 2.43. The summed E-state index contributed by atoms with van der Waals surface area (Å²) >= 11 is 0. The molecule has 0 radical (unpaired) electrons. The summed E-state index contributed by atoms with van der Waals surface area (Å²) in [7, 11) is 0. The van der Waals surface area contributed by atoms with Crippen molar-refractivity contribution in [2.45, 2.75) is 51.2 Å². The van der Waals surface area contributed by atoms with Crippen molar-refractivity contribution in [2.24, 2.45) is 5.92 Å². The molecule has 2 aliphatic rings. The molecule has 1 saturated heterocycles. The van der Waals surface area contributed by atoms with Crippen molar-refractivity contribution in [3.63, 3.8) is 0 Å². The van der Waals surface area contributed by atoms with Gasteiger partial charge in [0.25, 0.3) is 0 Å². The van der Waals surface area contributed by atoms with Crippen molar-refractivity contribution in [1.29, 1.82) is 0 Å². The Morgan fingerprint density at radius 2 is 1.95 bits per heavy atom. The minimum atomic E-state index is 0.575. The van der Waals surface area contributed by atoms with Crippen LogP contribution in [0.3, 0.4) is 0 Å². The highest BCUT2D eigenvalue weighted by Gasteiger charge is 2.44. The molecule has 1 aliphatic heterocycles. The van der Waals surface area contributed by atoms with Gasteiger partial charge in [0, 0.05) is 31.2 Å². The maximum atomic E-state index is 3.72. The fraction of sp³-hybridized carbons (Fsp3) is 0.647. The molecule has 2 fully saturated rings. The van der Waals surface area contributed by atoms with Gasteiger partial charge in [0.1, 0.15) is 0 Å². The van der Waals surface area contributed by atoms with Gasteiger partial charge < -0.3 is 5.32 Å². The van der Waals surface area contributed by atoms with Crippen LogP contribution in [-0.2, 0) is 0 Å². The average Bonchev–Trinajstić information content (AvgIpc) is 3.27. The van der Waals surface area contributed by atoms with Crippen molar-refractivity contribution >= 4 is 0 Å². The van der Waals surface area contributed by atoms with E-state index in [-0.39, 0.29) is 0 Å². The minimum Gasteiger partial charge on any atom is -0.311 e. The van der Waals surface area contributed by atoms with E-state index in [4.69, 9.17) is 0 Å². The van der Waals surface area contributed by atoms with Crippen molar-refractivity contribution in [3.8, 4) is 0 Å². The number of hydrogen-bond donors (Lipinski definition) is 1. The molecule has 104 valence electrons. The van der Waals surface area contributed by atoms with Crippen LogP contribution < -0.4 is 5.32 Å². The lowest BCUT2D eigenvalue weighted by Crippen LogP contribution is -2.53. The standard InChI is InChI=1S/C17H26N2/c1-3-13-10-16(13)19-12-15(4-2)18-11-17(19)14-8-6-5-7-9-14/h5-9,13,15-18H,3-4,10-12H2,1-2H3. The van der Waals surface area contributed by atoms with Gasteiger partial charge in [0.15, 0.2) is 0 Å². The molecule has 0 amide bonds. The highest BCUT2D eigenvalue weighted by atomic mass is 15.3. The van der Waals surface area contributed by atoms with Gasteiger partial charge in [-0.25, -0.2) is 0 Å². The Hall–Kier alpha value is -0.860. The summed E-state index contributed by atoms with van der Waals surface area (Å²) in [6, 6.07) is 13.1. The van der Waals surface area contributed by atoms with E-state index in [0.29, 0.717) is 12.1 Å². The Labute approximate surface area is 117 Å². The summed E-state index contributed by atoms with van der Waals surface area (Å²) < 4.78 is 0. The van der Waals surface area contributed by atoms with Crippen LogP contribution in [0.15, 0.2) is 30.3 Å². The molecule has 1 aromatic carbocycles. The molecule has 0 bridgehead atoms. The molecule has 3 rings (SSSR count). The van der Waals surface area contributed by atoms with Gasteiger partial charge in [-0.2, -0.15) is 0 Å². The first-order valence-corrected chi connectivity index (χ1v) is 7.87. The molecule has 1 heterocycles. The molecule has 19 heavy (non-hydrogen) atoms. The Morgan fingerprint density at radius 3 is 2.58 bits per heavy atom. The van der Waals surface area contributed by atoms with Gasteiger partial charge >= 0.3 is 0 Å². The molecule has 1 aliphatic carbocycles. The lowest BCUT2D eigenvalue weighted by molar-refractivity contribution is 0.113. The zero-order valence-electron chi connectivity index (χ0n) is 12.2. The van der Waals surface area contributed by atoms with Gasteiger partial charge in [-0.3, -0.25) is 4.90 Å². The third kappa shape index (κ3) is 2.70. The number of nitrogens with zero attached hydrogens (tertiary/aromatic N) is 1. The van der Waals surface area contributed by atoms with E-state index in [0.717, 1.165) is 18.5 Å². The van der Waals surface area contributed by atoms with Crippen LogP contribution in [0.5, 0.6) is 0 Å². The SMILES string of the molecule is CCC1CN(C2CC2CC)C(c2ccccc2)CN1. The van der Waals surface area contributed by atoms with Crippen molar-refractivity contribution in [2.75, 3.05) is 13.1 Å². The third-order valence-electron chi connectivity index (χ3n) is 4.94. The summed E-state index contributed by atoms with van der Waals surface area (Å²) in [6.07, 6.45) is 3.99. The van der Waals surface area contributed by atoms with Crippen molar-refractivity contribution < 1.29 is 0 Å². The zero-order chi connectivity index (χ0) is 13.2. The smallest absolute Gasteiger partial charge is 0.0476 e. The second-order valence-electron chi connectivity index (χ2n) is 6.11. The summed E-state index contributed by atoms with van der Waals surface area (Å²) in [4.78, 5) is 2.79. The minimum absolute atomic E-state index is 0.575. The second-order valence-corrected chi connectivity index (χ2v) is 6.11. The summed E-state index contributed by atoms with van der Waals surface area (Å²) in [5.74, 6) is 0.946. The van der Waals surface area contributed by atoms with Crippen LogP contribution in [0.1, 0.15) is 44.7 Å². The van der Waals surface area contributed by atoms with Gasteiger partial charge in [-0.05, 0) is 24.3 Å². The van der Waals surface area contributed by atoms with Crippen LogP contribution in [0, 0.1) is 5.92 Å². The monoisotopic (exact) mass is 258 g/mol. The molecule has 1 N–H and O–H groups in total. The molecule has 1 saturated carbocycles. The van der Waals surface area contributed by atoms with Gasteiger partial charge in [-0.15, -0.1) is 0 Å². The summed E-state index contributed by atoms with van der Waals surface area (Å²) in [6.45, 7) is 6.96. The lowest BCUT2D eigenvalue weighted by atomic mass is 9.99. The van der Waals surface area contributed by atoms with Crippen LogP contribution in [0.4, 0.5) is 0 Å². The van der Waals surface area contributed by atoms with E-state index in [1.165, 1.54) is 31.4 Å². The molecule has 1 aromatic rings. The highest BCUT2D eigenvalue weighted by molar-refractivity contribution is 5.21. The Balaban J connectivity index is 1.77. The molecule has 2 heteroatoms. The molecule has 2 nitrogen and oxygen atoms in total. The quantitative estimate of drug-likeness (QED) is 0.892. The summed E-state index contributed by atoms with van der Waals surface area (Å²) in [5.41, 5.74) is 1.48.